The van der Waals surface area contributed by atoms with E-state index in [9.17, 15) is 0 Å². The van der Waals surface area contributed by atoms with E-state index in [-0.39, 0.29) is 0 Å². The van der Waals surface area contributed by atoms with Crippen LogP contribution >= 0.6 is 12.2 Å². The molecule has 0 aliphatic carbocycles. The molecule has 6 nitrogen and oxygen atoms in total. The van der Waals surface area contributed by atoms with Crippen LogP contribution in [0.15, 0.2) is 77.9 Å². The zero-order chi connectivity index (χ0) is 22.1. The fourth-order valence-corrected chi connectivity index (χ4v) is 4.04. The molecule has 0 atom stereocenters. The number of hydrogen-bond donors (Lipinski definition) is 1. The van der Waals surface area contributed by atoms with Crippen LogP contribution in [0.3, 0.4) is 0 Å². The predicted octanol–water partition coefficient (Wildman–Crippen LogP) is 5.81. The molecular weight excluding hydrogens is 420 g/mol. The van der Waals surface area contributed by atoms with E-state index in [2.05, 4.69) is 40.5 Å². The lowest BCUT2D eigenvalue weighted by Gasteiger charge is -2.09. The Morgan fingerprint density at radius 2 is 1.53 bits per heavy atom. The fourth-order valence-electron chi connectivity index (χ4n) is 3.86. The van der Waals surface area contributed by atoms with Gasteiger partial charge in [-0.3, -0.25) is 0 Å². The largest absolute Gasteiger partial charge is 0.493 e. The third-order valence-corrected chi connectivity index (χ3v) is 5.67. The van der Waals surface area contributed by atoms with Crippen molar-refractivity contribution >= 4 is 40.0 Å². The van der Waals surface area contributed by atoms with Gasteiger partial charge >= 0.3 is 0 Å². The number of fused-ring (bicyclic) bond motifs is 2. The molecule has 0 aliphatic heterocycles. The summed E-state index contributed by atoms with van der Waals surface area (Å²) < 4.78 is 12.8. The first-order chi connectivity index (χ1) is 15.7. The second kappa shape index (κ2) is 8.28. The summed E-state index contributed by atoms with van der Waals surface area (Å²) in [5.74, 6) is 1.83. The molecule has 158 valence electrons. The van der Waals surface area contributed by atoms with Crippen LogP contribution in [0, 0.1) is 4.77 Å². The first kappa shape index (κ1) is 20.0. The van der Waals surface area contributed by atoms with Gasteiger partial charge in [-0.15, -0.1) is 0 Å². The van der Waals surface area contributed by atoms with E-state index < -0.39 is 0 Å². The van der Waals surface area contributed by atoms with E-state index in [1.807, 2.05) is 48.7 Å². The van der Waals surface area contributed by atoms with Crippen LogP contribution in [0.2, 0.25) is 0 Å². The number of rotatable bonds is 5. The van der Waals surface area contributed by atoms with Crippen molar-refractivity contribution in [3.05, 3.63) is 83.1 Å². The average Bonchev–Trinajstić information content (AvgIpc) is 3.21. The Bertz CT molecular complexity index is 1480. The van der Waals surface area contributed by atoms with Gasteiger partial charge in [0.1, 0.15) is 0 Å². The average molecular weight is 441 g/mol. The van der Waals surface area contributed by atoms with Crippen molar-refractivity contribution in [2.24, 2.45) is 5.10 Å². The number of aromatic nitrogens is 3. The van der Waals surface area contributed by atoms with Crippen LogP contribution in [-0.2, 0) is 0 Å². The molecule has 1 heterocycles. The van der Waals surface area contributed by atoms with Gasteiger partial charge < -0.3 is 9.47 Å². The Morgan fingerprint density at radius 1 is 0.875 bits per heavy atom. The number of H-pyrrole nitrogens is 1. The van der Waals surface area contributed by atoms with Crippen molar-refractivity contribution in [1.29, 1.82) is 0 Å². The van der Waals surface area contributed by atoms with Crippen LogP contribution < -0.4 is 9.47 Å². The maximum Gasteiger partial charge on any atom is 0.216 e. The highest BCUT2D eigenvalue weighted by Gasteiger charge is 2.13. The van der Waals surface area contributed by atoms with Crippen molar-refractivity contribution in [2.45, 2.75) is 0 Å². The molecule has 0 spiro atoms. The number of ether oxygens (including phenoxy) is 2. The molecule has 0 aliphatic rings. The number of nitrogens with one attached hydrogen (secondary N) is 1. The molecule has 1 N–H and O–H groups in total. The highest BCUT2D eigenvalue weighted by atomic mass is 32.1. The monoisotopic (exact) mass is 440 g/mol. The van der Waals surface area contributed by atoms with Gasteiger partial charge in [-0.1, -0.05) is 48.5 Å². The predicted molar refractivity (Wildman–Crippen MR) is 130 cm³/mol. The number of aromatic amines is 1. The lowest BCUT2D eigenvalue weighted by atomic mass is 9.97. The second-order valence-corrected chi connectivity index (χ2v) is 7.60. The Kier molecular flexibility index (Phi) is 5.17. The lowest BCUT2D eigenvalue weighted by Crippen LogP contribution is -1.97. The minimum Gasteiger partial charge on any atom is -0.493 e. The molecule has 0 saturated heterocycles. The van der Waals surface area contributed by atoms with E-state index >= 15 is 0 Å². The van der Waals surface area contributed by atoms with Gasteiger partial charge in [0.15, 0.2) is 17.3 Å². The van der Waals surface area contributed by atoms with E-state index in [4.69, 9.17) is 26.8 Å². The molecular formula is C25H20N4O2S. The highest BCUT2D eigenvalue weighted by molar-refractivity contribution is 7.71. The van der Waals surface area contributed by atoms with Gasteiger partial charge in [0.2, 0.25) is 4.77 Å². The van der Waals surface area contributed by atoms with Gasteiger partial charge in [-0.25, -0.2) is 5.10 Å². The molecule has 5 aromatic rings. The molecule has 32 heavy (non-hydrogen) atoms. The van der Waals surface area contributed by atoms with Gasteiger partial charge in [0.25, 0.3) is 0 Å². The standard InChI is InChI=1S/C25H20N4O2S/c1-30-22-12-11-18(14-23(22)31-2)24-27-28-25(32)29(24)26-15-21-19-9-5-3-7-16(19)13-17-8-4-6-10-20(17)21/h3-15H,1-2H3,(H,28,32). The third kappa shape index (κ3) is 3.42. The van der Waals surface area contributed by atoms with E-state index in [0.29, 0.717) is 22.1 Å². The SMILES string of the molecule is COc1ccc(-c2n[nH]c(=S)n2N=Cc2c3ccccc3cc3ccccc23)cc1OC. The molecule has 0 radical (unpaired) electrons. The molecule has 0 amide bonds. The minimum absolute atomic E-state index is 0.399. The zero-order valence-corrected chi connectivity index (χ0v) is 18.4. The van der Waals surface area contributed by atoms with Gasteiger partial charge in [0.05, 0.1) is 20.4 Å². The summed E-state index contributed by atoms with van der Waals surface area (Å²) in [7, 11) is 3.20. The van der Waals surface area contributed by atoms with Crippen LogP contribution in [0.25, 0.3) is 32.9 Å². The summed E-state index contributed by atoms with van der Waals surface area (Å²) in [6.07, 6.45) is 1.85. The van der Waals surface area contributed by atoms with Crippen molar-refractivity contribution in [2.75, 3.05) is 14.2 Å². The first-order valence-electron chi connectivity index (χ1n) is 10.0. The van der Waals surface area contributed by atoms with Crippen molar-refractivity contribution in [1.82, 2.24) is 14.9 Å². The van der Waals surface area contributed by atoms with Crippen molar-refractivity contribution in [3.8, 4) is 22.9 Å². The number of methoxy groups -OCH3 is 2. The summed E-state index contributed by atoms with van der Waals surface area (Å²) >= 11 is 5.47. The second-order valence-electron chi connectivity index (χ2n) is 7.21. The molecule has 7 heteroatoms. The van der Waals surface area contributed by atoms with Crippen molar-refractivity contribution in [3.63, 3.8) is 0 Å². The molecule has 1 aromatic heterocycles. The first-order valence-corrected chi connectivity index (χ1v) is 10.4. The Morgan fingerprint density at radius 3 is 2.19 bits per heavy atom. The molecule has 0 fully saturated rings. The normalized spacial score (nSPS) is 11.4. The Balaban J connectivity index is 1.67. The lowest BCUT2D eigenvalue weighted by molar-refractivity contribution is 0.355. The van der Waals surface area contributed by atoms with Crippen LogP contribution in [0.4, 0.5) is 0 Å². The smallest absolute Gasteiger partial charge is 0.216 e. The molecule has 5 rings (SSSR count). The minimum atomic E-state index is 0.399. The Labute approximate surface area is 189 Å². The van der Waals surface area contributed by atoms with Gasteiger partial charge in [0, 0.05) is 11.1 Å². The summed E-state index contributed by atoms with van der Waals surface area (Å²) in [6, 6.07) is 24.3. The zero-order valence-electron chi connectivity index (χ0n) is 17.6. The van der Waals surface area contributed by atoms with Gasteiger partial charge in [-0.05, 0) is 58.0 Å². The van der Waals surface area contributed by atoms with Gasteiger partial charge in [-0.2, -0.15) is 14.9 Å². The van der Waals surface area contributed by atoms with E-state index in [1.165, 1.54) is 0 Å². The molecule has 0 unspecified atom stereocenters. The summed E-state index contributed by atoms with van der Waals surface area (Å²) in [6.45, 7) is 0. The molecule has 0 bridgehead atoms. The highest BCUT2D eigenvalue weighted by Crippen LogP contribution is 2.32. The maximum absolute atomic E-state index is 5.47. The van der Waals surface area contributed by atoms with Crippen LogP contribution in [0.5, 0.6) is 11.5 Å². The third-order valence-electron chi connectivity index (χ3n) is 5.41. The molecule has 0 saturated carbocycles. The topological polar surface area (TPSA) is 64.4 Å². The fraction of sp³-hybridized carbons (Fsp3) is 0.0800. The summed E-state index contributed by atoms with van der Waals surface area (Å²) in [4.78, 5) is 0. The number of hydrogen-bond acceptors (Lipinski definition) is 5. The summed E-state index contributed by atoms with van der Waals surface area (Å²) in [5.41, 5.74) is 1.83. The van der Waals surface area contributed by atoms with E-state index in [1.54, 1.807) is 18.9 Å². The quantitative estimate of drug-likeness (QED) is 0.213. The van der Waals surface area contributed by atoms with Crippen LogP contribution in [-0.4, -0.2) is 35.3 Å². The number of nitrogens with zero attached hydrogens (tertiary/aromatic N) is 3. The number of benzene rings is 4. The summed E-state index contributed by atoms with van der Waals surface area (Å²) in [5, 5.41) is 16.5. The van der Waals surface area contributed by atoms with Crippen LogP contribution in [0.1, 0.15) is 5.56 Å². The van der Waals surface area contributed by atoms with E-state index in [0.717, 1.165) is 32.7 Å². The maximum atomic E-state index is 5.47. The van der Waals surface area contributed by atoms with Crippen molar-refractivity contribution < 1.29 is 9.47 Å². The molecule has 4 aromatic carbocycles. The Hall–Kier alpha value is -3.97.